The largest absolute Gasteiger partial charge is 0.461 e. The maximum Gasteiger partial charge on any atom is 0.422 e. The van der Waals surface area contributed by atoms with Gasteiger partial charge < -0.3 is 9.15 Å². The van der Waals surface area contributed by atoms with Crippen molar-refractivity contribution in [1.29, 1.82) is 0 Å². The molecule has 0 atom stereocenters. The van der Waals surface area contributed by atoms with Crippen LogP contribution in [0.15, 0.2) is 28.4 Å². The van der Waals surface area contributed by atoms with Crippen LogP contribution in [0.2, 0.25) is 0 Å². The van der Waals surface area contributed by atoms with Gasteiger partial charge >= 0.3 is 6.09 Å². The van der Waals surface area contributed by atoms with Crippen molar-refractivity contribution in [3.8, 4) is 0 Å². The maximum absolute atomic E-state index is 12.0. The summed E-state index contributed by atoms with van der Waals surface area (Å²) in [5, 5.41) is 0.992. The van der Waals surface area contributed by atoms with E-state index in [1.807, 2.05) is 32.0 Å². The summed E-state index contributed by atoms with van der Waals surface area (Å²) in [7, 11) is 0. The Hall–Kier alpha value is -2.56. The number of benzene rings is 1. The maximum atomic E-state index is 12.0. The second-order valence-corrected chi connectivity index (χ2v) is 4.96. The van der Waals surface area contributed by atoms with E-state index in [0.717, 1.165) is 32.8 Å². The van der Waals surface area contributed by atoms with Crippen LogP contribution in [0.5, 0.6) is 0 Å². The summed E-state index contributed by atoms with van der Waals surface area (Å²) in [5.74, 6) is 0.525. The van der Waals surface area contributed by atoms with Crippen molar-refractivity contribution in [2.75, 3.05) is 6.54 Å². The van der Waals surface area contributed by atoms with Crippen molar-refractivity contribution < 1.29 is 18.7 Å². The van der Waals surface area contributed by atoms with Gasteiger partial charge in [-0.05, 0) is 50.1 Å². The highest BCUT2D eigenvalue weighted by molar-refractivity contribution is 6.10. The van der Waals surface area contributed by atoms with Crippen molar-refractivity contribution in [2.24, 2.45) is 0 Å². The number of cyclic esters (lactones) is 1. The predicted molar refractivity (Wildman–Crippen MR) is 77.5 cm³/mol. The normalized spacial score (nSPS) is 17.1. The fourth-order valence-corrected chi connectivity index (χ4v) is 2.37. The molecule has 0 spiro atoms. The first-order chi connectivity index (χ1) is 10.0. The Kier molecular flexibility index (Phi) is 3.05. The van der Waals surface area contributed by atoms with Crippen molar-refractivity contribution in [3.63, 3.8) is 0 Å². The minimum Gasteiger partial charge on any atom is -0.461 e. The second kappa shape index (κ2) is 4.77. The molecule has 2 heterocycles. The quantitative estimate of drug-likeness (QED) is 0.793. The van der Waals surface area contributed by atoms with E-state index in [9.17, 15) is 9.59 Å². The van der Waals surface area contributed by atoms with Gasteiger partial charge in [-0.15, -0.1) is 0 Å². The standard InChI is InChI=1S/C16H15NO4/c1-4-17-15(18)14(21-16(17)19)8-11-5-6-13-12(7-11)9(2)10(3)20-13/h5-8H,4H2,1-3H3/b14-8+. The van der Waals surface area contributed by atoms with E-state index in [0.29, 0.717) is 6.54 Å². The van der Waals surface area contributed by atoms with Gasteiger partial charge in [-0.2, -0.15) is 0 Å². The summed E-state index contributed by atoms with van der Waals surface area (Å²) in [5.41, 5.74) is 2.66. The number of ether oxygens (including phenoxy) is 1. The van der Waals surface area contributed by atoms with Gasteiger partial charge in [0.2, 0.25) is 0 Å². The number of amides is 2. The highest BCUT2D eigenvalue weighted by Crippen LogP contribution is 2.27. The number of furan rings is 1. The monoisotopic (exact) mass is 285 g/mol. The van der Waals surface area contributed by atoms with Gasteiger partial charge in [0.25, 0.3) is 5.91 Å². The van der Waals surface area contributed by atoms with E-state index in [4.69, 9.17) is 9.15 Å². The van der Waals surface area contributed by atoms with Gasteiger partial charge in [-0.25, -0.2) is 9.69 Å². The van der Waals surface area contributed by atoms with E-state index in [1.54, 1.807) is 13.0 Å². The van der Waals surface area contributed by atoms with Crippen LogP contribution < -0.4 is 0 Å². The van der Waals surface area contributed by atoms with Crippen LogP contribution in [0, 0.1) is 13.8 Å². The molecule has 5 nitrogen and oxygen atoms in total. The van der Waals surface area contributed by atoms with E-state index >= 15 is 0 Å². The molecule has 0 N–H and O–H groups in total. The Morgan fingerprint density at radius 2 is 2.00 bits per heavy atom. The number of imide groups is 1. The smallest absolute Gasteiger partial charge is 0.422 e. The number of nitrogens with zero attached hydrogens (tertiary/aromatic N) is 1. The number of hydrogen-bond acceptors (Lipinski definition) is 4. The number of likely N-dealkylation sites (N-methyl/N-ethyl adjacent to an activating group) is 1. The van der Waals surface area contributed by atoms with Gasteiger partial charge in [-0.3, -0.25) is 4.79 Å². The van der Waals surface area contributed by atoms with Crippen molar-refractivity contribution in [2.45, 2.75) is 20.8 Å². The molecule has 108 valence electrons. The summed E-state index contributed by atoms with van der Waals surface area (Å²) in [6.45, 7) is 5.92. The lowest BCUT2D eigenvalue weighted by atomic mass is 10.1. The molecule has 0 aliphatic carbocycles. The van der Waals surface area contributed by atoms with Crippen LogP contribution in [0.4, 0.5) is 4.79 Å². The third kappa shape index (κ3) is 2.11. The molecule has 1 aliphatic heterocycles. The Bertz CT molecular complexity index is 785. The lowest BCUT2D eigenvalue weighted by Gasteiger charge is -2.03. The first-order valence-corrected chi connectivity index (χ1v) is 6.76. The van der Waals surface area contributed by atoms with Crippen molar-refractivity contribution in [3.05, 3.63) is 40.8 Å². The number of carbonyl (C=O) groups is 2. The van der Waals surface area contributed by atoms with Crippen LogP contribution in [0.1, 0.15) is 23.8 Å². The SMILES string of the molecule is CCN1C(=O)O/C(=C/c2ccc3oc(C)c(C)c3c2)C1=O. The van der Waals surface area contributed by atoms with Gasteiger partial charge in [0.1, 0.15) is 11.3 Å². The molecule has 2 amide bonds. The first kappa shape index (κ1) is 13.4. The third-order valence-corrected chi connectivity index (χ3v) is 3.69. The van der Waals surface area contributed by atoms with Crippen molar-refractivity contribution >= 4 is 29.0 Å². The zero-order valence-electron chi connectivity index (χ0n) is 12.1. The van der Waals surface area contributed by atoms with Crippen molar-refractivity contribution in [1.82, 2.24) is 4.90 Å². The molecule has 1 aliphatic rings. The molecule has 5 heteroatoms. The summed E-state index contributed by atoms with van der Waals surface area (Å²) in [6, 6.07) is 5.60. The Balaban J connectivity index is 2.02. The summed E-state index contributed by atoms with van der Waals surface area (Å²) < 4.78 is 10.6. The zero-order valence-corrected chi connectivity index (χ0v) is 12.1. The van der Waals surface area contributed by atoms with Gasteiger partial charge in [-0.1, -0.05) is 6.07 Å². The van der Waals surface area contributed by atoms with Gasteiger partial charge in [0.05, 0.1) is 0 Å². The lowest BCUT2D eigenvalue weighted by Crippen LogP contribution is -2.28. The molecule has 0 saturated carbocycles. The molecule has 0 unspecified atom stereocenters. The topological polar surface area (TPSA) is 59.8 Å². The Morgan fingerprint density at radius 3 is 2.67 bits per heavy atom. The minimum absolute atomic E-state index is 0.0547. The van der Waals surface area contributed by atoms with Crippen LogP contribution in [0.3, 0.4) is 0 Å². The molecule has 2 aromatic rings. The van der Waals surface area contributed by atoms with Gasteiger partial charge in [0.15, 0.2) is 5.76 Å². The molecule has 1 fully saturated rings. The molecular weight excluding hydrogens is 270 g/mol. The van der Waals surface area contributed by atoms with E-state index < -0.39 is 12.0 Å². The molecule has 1 aromatic carbocycles. The summed E-state index contributed by atoms with van der Waals surface area (Å²) in [6.07, 6.45) is 0.960. The lowest BCUT2D eigenvalue weighted by molar-refractivity contribution is -0.123. The van der Waals surface area contributed by atoms with Crippen LogP contribution in [-0.4, -0.2) is 23.4 Å². The van der Waals surface area contributed by atoms with Gasteiger partial charge in [0, 0.05) is 11.9 Å². The average Bonchev–Trinajstić information content (AvgIpc) is 2.88. The fraction of sp³-hybridized carbons (Fsp3) is 0.250. The zero-order chi connectivity index (χ0) is 15.1. The predicted octanol–water partition coefficient (Wildman–Crippen LogP) is 3.39. The van der Waals surface area contributed by atoms with E-state index in [2.05, 4.69) is 0 Å². The molecular formula is C16H15NO4. The minimum atomic E-state index is -0.620. The molecule has 0 radical (unpaired) electrons. The molecule has 3 rings (SSSR count). The second-order valence-electron chi connectivity index (χ2n) is 4.96. The molecule has 0 bridgehead atoms. The van der Waals surface area contributed by atoms with Crippen LogP contribution in [-0.2, 0) is 9.53 Å². The number of hydrogen-bond donors (Lipinski definition) is 0. The van der Waals surface area contributed by atoms with Crippen LogP contribution in [0.25, 0.3) is 17.0 Å². The number of carbonyl (C=O) groups excluding carboxylic acids is 2. The number of fused-ring (bicyclic) bond motifs is 1. The Morgan fingerprint density at radius 1 is 1.24 bits per heavy atom. The van der Waals surface area contributed by atoms with E-state index in [-0.39, 0.29) is 5.76 Å². The molecule has 1 saturated heterocycles. The highest BCUT2D eigenvalue weighted by Gasteiger charge is 2.35. The average molecular weight is 285 g/mol. The highest BCUT2D eigenvalue weighted by atomic mass is 16.6. The number of rotatable bonds is 2. The summed E-state index contributed by atoms with van der Waals surface area (Å²) in [4.78, 5) is 24.6. The third-order valence-electron chi connectivity index (χ3n) is 3.69. The Labute approximate surface area is 121 Å². The molecule has 1 aromatic heterocycles. The summed E-state index contributed by atoms with van der Waals surface area (Å²) >= 11 is 0. The first-order valence-electron chi connectivity index (χ1n) is 6.76. The molecule has 21 heavy (non-hydrogen) atoms. The fourth-order valence-electron chi connectivity index (χ4n) is 2.37. The number of aryl methyl sites for hydroxylation is 2. The van der Waals surface area contributed by atoms with E-state index in [1.165, 1.54) is 0 Å². The van der Waals surface area contributed by atoms with Crippen LogP contribution >= 0.6 is 0 Å².